The van der Waals surface area contributed by atoms with Crippen molar-refractivity contribution in [2.24, 2.45) is 5.73 Å². The summed E-state index contributed by atoms with van der Waals surface area (Å²) in [5.41, 5.74) is 5.82. The fourth-order valence-corrected chi connectivity index (χ4v) is 1.87. The highest BCUT2D eigenvalue weighted by Crippen LogP contribution is 2.08. The van der Waals surface area contributed by atoms with Crippen molar-refractivity contribution in [1.29, 1.82) is 0 Å². The topological polar surface area (TPSA) is 84.7 Å². The Kier molecular flexibility index (Phi) is 5.37. The van der Waals surface area contributed by atoms with Crippen molar-refractivity contribution < 1.29 is 14.3 Å². The number of nitrogens with one attached hydrogen (secondary N) is 1. The molecule has 1 heterocycles. The number of nitrogens with two attached hydrogens (primary N) is 1. The van der Waals surface area contributed by atoms with Crippen LogP contribution in [0.5, 0.6) is 0 Å². The van der Waals surface area contributed by atoms with Gasteiger partial charge in [0.05, 0.1) is 6.04 Å². The minimum Gasteiger partial charge on any atom is -0.385 e. The number of piperazine rings is 1. The van der Waals surface area contributed by atoms with Gasteiger partial charge in [-0.3, -0.25) is 9.59 Å². The molecule has 0 aromatic rings. The Bertz CT molecular complexity index is 283. The van der Waals surface area contributed by atoms with Crippen LogP contribution in [-0.2, 0) is 14.3 Å². The third-order valence-corrected chi connectivity index (χ3v) is 2.96. The van der Waals surface area contributed by atoms with Gasteiger partial charge >= 0.3 is 0 Å². The molecule has 6 nitrogen and oxygen atoms in total. The van der Waals surface area contributed by atoms with Crippen LogP contribution in [0.4, 0.5) is 0 Å². The smallest absolute Gasteiger partial charge is 0.242 e. The molecule has 1 fully saturated rings. The number of hydrogen-bond acceptors (Lipinski definition) is 4. The second kappa shape index (κ2) is 6.56. The average molecular weight is 243 g/mol. The molecule has 0 spiro atoms. The molecule has 98 valence electrons. The monoisotopic (exact) mass is 243 g/mol. The summed E-state index contributed by atoms with van der Waals surface area (Å²) in [6.07, 6.45) is 1.33. The molecule has 1 aliphatic heterocycles. The molecule has 0 aromatic carbocycles. The van der Waals surface area contributed by atoms with Crippen LogP contribution in [0.1, 0.15) is 19.8 Å². The number of carbonyl (C=O) groups excluding carboxylic acids is 2. The number of rotatable bonds is 5. The van der Waals surface area contributed by atoms with Gasteiger partial charge in [0.2, 0.25) is 11.8 Å². The highest BCUT2D eigenvalue weighted by Gasteiger charge is 2.31. The molecule has 17 heavy (non-hydrogen) atoms. The van der Waals surface area contributed by atoms with E-state index in [4.69, 9.17) is 10.5 Å². The molecule has 2 amide bonds. The zero-order valence-corrected chi connectivity index (χ0v) is 10.4. The largest absolute Gasteiger partial charge is 0.385 e. The van der Waals surface area contributed by atoms with E-state index in [1.54, 1.807) is 18.9 Å². The predicted octanol–water partition coefficient (Wildman–Crippen LogP) is -0.913. The summed E-state index contributed by atoms with van der Waals surface area (Å²) in [5.74, 6) is -0.267. The fraction of sp³-hybridized carbons (Fsp3) is 0.818. The van der Waals surface area contributed by atoms with Gasteiger partial charge in [-0.2, -0.15) is 0 Å². The second-order valence-electron chi connectivity index (χ2n) is 4.24. The maximum atomic E-state index is 12.0. The van der Waals surface area contributed by atoms with E-state index >= 15 is 0 Å². The molecule has 0 aromatic heterocycles. The van der Waals surface area contributed by atoms with Crippen LogP contribution in [-0.4, -0.2) is 55.6 Å². The van der Waals surface area contributed by atoms with Gasteiger partial charge in [0, 0.05) is 26.8 Å². The number of hydrogen-bond donors (Lipinski definition) is 2. The van der Waals surface area contributed by atoms with Crippen LogP contribution >= 0.6 is 0 Å². The summed E-state index contributed by atoms with van der Waals surface area (Å²) < 4.78 is 4.91. The molecule has 2 unspecified atom stereocenters. The Morgan fingerprint density at radius 2 is 2.41 bits per heavy atom. The molecule has 1 aliphatic rings. The third kappa shape index (κ3) is 3.67. The van der Waals surface area contributed by atoms with Crippen LogP contribution in [0.2, 0.25) is 0 Å². The van der Waals surface area contributed by atoms with Gasteiger partial charge in [-0.15, -0.1) is 0 Å². The summed E-state index contributed by atoms with van der Waals surface area (Å²) in [5, 5.41) is 2.71. The van der Waals surface area contributed by atoms with E-state index in [0.717, 1.165) is 6.42 Å². The predicted molar refractivity (Wildman–Crippen MR) is 63.3 cm³/mol. The SMILES string of the molecule is COCCCC(N)C(=O)N1CCNC(=O)C1C. The molecular formula is C11H21N3O3. The van der Waals surface area contributed by atoms with E-state index in [1.165, 1.54) is 0 Å². The first-order chi connectivity index (χ1) is 8.07. The van der Waals surface area contributed by atoms with Crippen molar-refractivity contribution in [2.75, 3.05) is 26.8 Å². The number of methoxy groups -OCH3 is 1. The standard InChI is InChI=1S/C11H21N3O3/c1-8-10(15)13-5-6-14(8)11(16)9(12)4-3-7-17-2/h8-9H,3-7,12H2,1-2H3,(H,13,15). The van der Waals surface area contributed by atoms with Crippen molar-refractivity contribution in [1.82, 2.24) is 10.2 Å². The van der Waals surface area contributed by atoms with E-state index in [9.17, 15) is 9.59 Å². The summed E-state index contributed by atoms with van der Waals surface area (Å²) in [7, 11) is 1.62. The lowest BCUT2D eigenvalue weighted by atomic mass is 10.1. The fourth-order valence-electron chi connectivity index (χ4n) is 1.87. The zero-order valence-electron chi connectivity index (χ0n) is 10.4. The molecule has 1 rings (SSSR count). The first-order valence-electron chi connectivity index (χ1n) is 5.90. The normalized spacial score (nSPS) is 22.2. The molecule has 3 N–H and O–H groups in total. The Labute approximate surface area is 101 Å². The lowest BCUT2D eigenvalue weighted by Gasteiger charge is -2.34. The summed E-state index contributed by atoms with van der Waals surface area (Å²) in [6.45, 7) is 3.34. The lowest BCUT2D eigenvalue weighted by molar-refractivity contribution is -0.143. The maximum Gasteiger partial charge on any atom is 0.242 e. The summed E-state index contributed by atoms with van der Waals surface area (Å²) in [6, 6.07) is -0.969. The summed E-state index contributed by atoms with van der Waals surface area (Å²) in [4.78, 5) is 25.0. The van der Waals surface area contributed by atoms with Crippen LogP contribution < -0.4 is 11.1 Å². The number of nitrogens with zero attached hydrogens (tertiary/aromatic N) is 1. The zero-order chi connectivity index (χ0) is 12.8. The molecule has 0 radical (unpaired) electrons. The van der Waals surface area contributed by atoms with Gasteiger partial charge in [0.25, 0.3) is 0 Å². The molecule has 0 saturated carbocycles. The molecular weight excluding hydrogens is 222 g/mol. The summed E-state index contributed by atoms with van der Waals surface area (Å²) >= 11 is 0. The first-order valence-corrected chi connectivity index (χ1v) is 5.90. The van der Waals surface area contributed by atoms with Gasteiger partial charge in [0.1, 0.15) is 6.04 Å². The minimum absolute atomic E-state index is 0.117. The Morgan fingerprint density at radius 1 is 1.71 bits per heavy atom. The van der Waals surface area contributed by atoms with Gasteiger partial charge in [-0.05, 0) is 19.8 Å². The van der Waals surface area contributed by atoms with Crippen molar-refractivity contribution >= 4 is 11.8 Å². The van der Waals surface area contributed by atoms with Gasteiger partial charge in [-0.1, -0.05) is 0 Å². The minimum atomic E-state index is -0.543. The quantitative estimate of drug-likeness (QED) is 0.612. The lowest BCUT2D eigenvalue weighted by Crippen LogP contribution is -2.59. The molecule has 2 atom stereocenters. The third-order valence-electron chi connectivity index (χ3n) is 2.96. The first kappa shape index (κ1) is 13.9. The van der Waals surface area contributed by atoms with E-state index in [0.29, 0.717) is 26.1 Å². The highest BCUT2D eigenvalue weighted by atomic mass is 16.5. The van der Waals surface area contributed by atoms with Gasteiger partial charge < -0.3 is 20.7 Å². The van der Waals surface area contributed by atoms with Crippen molar-refractivity contribution in [3.05, 3.63) is 0 Å². The molecule has 0 aliphatic carbocycles. The molecule has 0 bridgehead atoms. The van der Waals surface area contributed by atoms with Gasteiger partial charge in [-0.25, -0.2) is 0 Å². The Hall–Kier alpha value is -1.14. The van der Waals surface area contributed by atoms with Crippen LogP contribution in [0.25, 0.3) is 0 Å². The van der Waals surface area contributed by atoms with E-state index in [2.05, 4.69) is 5.32 Å². The van der Waals surface area contributed by atoms with Crippen molar-refractivity contribution in [2.45, 2.75) is 31.8 Å². The van der Waals surface area contributed by atoms with Crippen LogP contribution in [0.3, 0.4) is 0 Å². The molecule has 6 heteroatoms. The number of amides is 2. The number of ether oxygens (including phenoxy) is 1. The Balaban J connectivity index is 2.47. The average Bonchev–Trinajstić information content (AvgIpc) is 2.32. The Morgan fingerprint density at radius 3 is 3.06 bits per heavy atom. The van der Waals surface area contributed by atoms with Gasteiger partial charge in [0.15, 0.2) is 0 Å². The van der Waals surface area contributed by atoms with Crippen molar-refractivity contribution in [3.8, 4) is 0 Å². The van der Waals surface area contributed by atoms with Crippen LogP contribution in [0.15, 0.2) is 0 Å². The second-order valence-corrected chi connectivity index (χ2v) is 4.24. The number of carbonyl (C=O) groups is 2. The van der Waals surface area contributed by atoms with E-state index < -0.39 is 12.1 Å². The highest BCUT2D eigenvalue weighted by molar-refractivity contribution is 5.90. The maximum absolute atomic E-state index is 12.0. The van der Waals surface area contributed by atoms with E-state index in [1.807, 2.05) is 0 Å². The van der Waals surface area contributed by atoms with Crippen LogP contribution in [0, 0.1) is 0 Å². The van der Waals surface area contributed by atoms with E-state index in [-0.39, 0.29) is 11.8 Å². The molecule has 1 saturated heterocycles. The van der Waals surface area contributed by atoms with Crippen molar-refractivity contribution in [3.63, 3.8) is 0 Å².